The second kappa shape index (κ2) is 7.66. The summed E-state index contributed by atoms with van der Waals surface area (Å²) in [5, 5.41) is 18.1. The number of phenolic OH excluding ortho intramolecular Hbond substituents is 1. The van der Waals surface area contributed by atoms with Gasteiger partial charge in [-0.15, -0.1) is 0 Å². The van der Waals surface area contributed by atoms with Crippen molar-refractivity contribution in [3.05, 3.63) is 60.2 Å². The standard InChI is InChI=1S/C17H18O4S2/c18-13-8-6-12(7-9-13)16(22)17(23,10-15(19)20)11-21-14-4-2-1-3-5-14/h1-9,16,18,22-23H,10-11H2,(H,19,20). The number of carbonyl (C=O) groups is 1. The van der Waals surface area contributed by atoms with E-state index in [-0.39, 0.29) is 18.8 Å². The molecule has 0 fully saturated rings. The number of para-hydroxylation sites is 1. The normalized spacial score (nSPS) is 14.7. The maximum Gasteiger partial charge on any atom is 0.304 e. The number of aliphatic carboxylic acids is 1. The summed E-state index contributed by atoms with van der Waals surface area (Å²) in [5.41, 5.74) is 0.763. The van der Waals surface area contributed by atoms with E-state index in [1.54, 1.807) is 24.3 Å². The predicted molar refractivity (Wildman–Crippen MR) is 95.7 cm³/mol. The summed E-state index contributed by atoms with van der Waals surface area (Å²) < 4.78 is 4.69. The molecule has 0 aromatic heterocycles. The number of phenols is 1. The minimum atomic E-state index is -1.01. The van der Waals surface area contributed by atoms with Gasteiger partial charge in [0.2, 0.25) is 0 Å². The van der Waals surface area contributed by atoms with Crippen molar-refractivity contribution in [3.8, 4) is 11.5 Å². The molecule has 4 nitrogen and oxygen atoms in total. The van der Waals surface area contributed by atoms with E-state index in [4.69, 9.17) is 4.74 Å². The van der Waals surface area contributed by atoms with Crippen molar-refractivity contribution in [1.82, 2.24) is 0 Å². The molecule has 0 amide bonds. The van der Waals surface area contributed by atoms with Gasteiger partial charge in [-0.2, -0.15) is 25.3 Å². The van der Waals surface area contributed by atoms with Gasteiger partial charge < -0.3 is 14.9 Å². The largest absolute Gasteiger partial charge is 0.508 e. The molecule has 23 heavy (non-hydrogen) atoms. The SMILES string of the molecule is O=C(O)CC(S)(COc1ccccc1)C(S)c1ccc(O)cc1. The molecular weight excluding hydrogens is 332 g/mol. The summed E-state index contributed by atoms with van der Waals surface area (Å²) >= 11 is 9.13. The van der Waals surface area contributed by atoms with Gasteiger partial charge in [0, 0.05) is 5.25 Å². The molecule has 0 spiro atoms. The minimum Gasteiger partial charge on any atom is -0.508 e. The van der Waals surface area contributed by atoms with Crippen molar-refractivity contribution < 1.29 is 19.7 Å². The molecule has 0 bridgehead atoms. The molecule has 2 N–H and O–H groups in total. The summed E-state index contributed by atoms with van der Waals surface area (Å²) in [6.07, 6.45) is -0.210. The first kappa shape index (κ1) is 17.6. The zero-order valence-electron chi connectivity index (χ0n) is 12.3. The van der Waals surface area contributed by atoms with Crippen molar-refractivity contribution in [2.75, 3.05) is 6.61 Å². The Kier molecular flexibility index (Phi) is 5.85. The van der Waals surface area contributed by atoms with Crippen LogP contribution in [0.15, 0.2) is 54.6 Å². The molecule has 0 radical (unpaired) electrons. The quantitative estimate of drug-likeness (QED) is 0.576. The zero-order valence-corrected chi connectivity index (χ0v) is 14.1. The maximum absolute atomic E-state index is 11.2. The Morgan fingerprint density at radius 3 is 2.30 bits per heavy atom. The molecule has 0 heterocycles. The molecule has 122 valence electrons. The first-order valence-corrected chi connectivity index (χ1v) is 7.96. The van der Waals surface area contributed by atoms with E-state index < -0.39 is 16.0 Å². The van der Waals surface area contributed by atoms with Crippen molar-refractivity contribution in [1.29, 1.82) is 0 Å². The van der Waals surface area contributed by atoms with Crippen LogP contribution in [0.4, 0.5) is 0 Å². The Balaban J connectivity index is 2.19. The third-order valence-electron chi connectivity index (χ3n) is 3.41. The Morgan fingerprint density at radius 2 is 1.74 bits per heavy atom. The Labute approximate surface area is 145 Å². The lowest BCUT2D eigenvalue weighted by Crippen LogP contribution is -2.37. The maximum atomic E-state index is 11.2. The van der Waals surface area contributed by atoms with Crippen LogP contribution in [0, 0.1) is 0 Å². The number of ether oxygens (including phenoxy) is 1. The van der Waals surface area contributed by atoms with Crippen molar-refractivity contribution >= 4 is 31.2 Å². The van der Waals surface area contributed by atoms with Gasteiger partial charge in [0.15, 0.2) is 0 Å². The highest BCUT2D eigenvalue weighted by Gasteiger charge is 2.37. The van der Waals surface area contributed by atoms with Crippen LogP contribution in [0.1, 0.15) is 17.2 Å². The monoisotopic (exact) mass is 350 g/mol. The fourth-order valence-corrected chi connectivity index (χ4v) is 2.87. The van der Waals surface area contributed by atoms with Crippen LogP contribution in [0.3, 0.4) is 0 Å². The number of carboxylic acids is 1. The van der Waals surface area contributed by atoms with Gasteiger partial charge in [0.25, 0.3) is 0 Å². The van der Waals surface area contributed by atoms with E-state index in [0.717, 1.165) is 5.56 Å². The summed E-state index contributed by atoms with van der Waals surface area (Å²) in [6, 6.07) is 15.6. The van der Waals surface area contributed by atoms with Gasteiger partial charge in [-0.1, -0.05) is 30.3 Å². The van der Waals surface area contributed by atoms with Crippen molar-refractivity contribution in [3.63, 3.8) is 0 Å². The second-order valence-electron chi connectivity index (χ2n) is 5.27. The molecule has 2 aromatic rings. The van der Waals surface area contributed by atoms with Crippen LogP contribution in [0.25, 0.3) is 0 Å². The van der Waals surface area contributed by atoms with Crippen molar-refractivity contribution in [2.45, 2.75) is 16.4 Å². The summed E-state index contributed by atoms with van der Waals surface area (Å²) in [4.78, 5) is 11.2. The van der Waals surface area contributed by atoms with E-state index in [1.807, 2.05) is 18.2 Å². The minimum absolute atomic E-state index is 0.0848. The number of rotatable bonds is 7. The molecule has 0 saturated heterocycles. The lowest BCUT2D eigenvalue weighted by molar-refractivity contribution is -0.137. The number of hydrogen-bond donors (Lipinski definition) is 4. The van der Waals surface area contributed by atoms with Gasteiger partial charge in [-0.05, 0) is 29.8 Å². The average Bonchev–Trinajstić information content (AvgIpc) is 2.53. The van der Waals surface area contributed by atoms with Crippen LogP contribution >= 0.6 is 25.3 Å². The van der Waals surface area contributed by atoms with E-state index in [0.29, 0.717) is 5.75 Å². The lowest BCUT2D eigenvalue weighted by atomic mass is 9.94. The molecule has 6 heteroatoms. The molecule has 0 aliphatic carbocycles. The molecule has 2 atom stereocenters. The molecule has 0 aliphatic heterocycles. The van der Waals surface area contributed by atoms with Crippen molar-refractivity contribution in [2.24, 2.45) is 0 Å². The number of carboxylic acid groups (broad SMARTS) is 1. The summed E-state index contributed by atoms with van der Waals surface area (Å²) in [7, 11) is 0. The van der Waals surface area contributed by atoms with Gasteiger partial charge >= 0.3 is 5.97 Å². The third kappa shape index (κ3) is 4.84. The second-order valence-corrected chi connectivity index (χ2v) is 6.68. The lowest BCUT2D eigenvalue weighted by Gasteiger charge is -2.33. The fraction of sp³-hybridized carbons (Fsp3) is 0.235. The zero-order chi connectivity index (χ0) is 16.9. The van der Waals surface area contributed by atoms with Gasteiger partial charge in [0.05, 0.1) is 11.2 Å². The molecular formula is C17H18O4S2. The Morgan fingerprint density at radius 1 is 1.13 bits per heavy atom. The molecule has 2 rings (SSSR count). The van der Waals surface area contributed by atoms with Gasteiger partial charge in [-0.25, -0.2) is 0 Å². The van der Waals surface area contributed by atoms with Crippen LogP contribution in [-0.4, -0.2) is 27.5 Å². The first-order valence-electron chi connectivity index (χ1n) is 7.00. The van der Waals surface area contributed by atoms with E-state index >= 15 is 0 Å². The highest BCUT2D eigenvalue weighted by atomic mass is 32.1. The van der Waals surface area contributed by atoms with Crippen LogP contribution in [0.2, 0.25) is 0 Å². The van der Waals surface area contributed by atoms with E-state index in [1.165, 1.54) is 12.1 Å². The van der Waals surface area contributed by atoms with Crippen LogP contribution in [-0.2, 0) is 4.79 Å². The first-order chi connectivity index (χ1) is 10.9. The van der Waals surface area contributed by atoms with Crippen LogP contribution < -0.4 is 4.74 Å². The number of thiol groups is 2. The highest BCUT2D eigenvalue weighted by Crippen LogP contribution is 2.40. The smallest absolute Gasteiger partial charge is 0.304 e. The topological polar surface area (TPSA) is 66.8 Å². The Bertz CT molecular complexity index is 645. The van der Waals surface area contributed by atoms with Gasteiger partial charge in [-0.3, -0.25) is 4.79 Å². The molecule has 0 saturated carbocycles. The Hall–Kier alpha value is -1.79. The van der Waals surface area contributed by atoms with E-state index in [2.05, 4.69) is 25.3 Å². The number of benzene rings is 2. The fourth-order valence-electron chi connectivity index (χ4n) is 2.18. The molecule has 2 unspecified atom stereocenters. The molecule has 0 aliphatic rings. The predicted octanol–water partition coefficient (Wildman–Crippen LogP) is 3.59. The summed E-state index contributed by atoms with van der Waals surface area (Å²) in [6.45, 7) is 0.0848. The average molecular weight is 350 g/mol. The third-order valence-corrected chi connectivity index (χ3v) is 4.95. The van der Waals surface area contributed by atoms with E-state index in [9.17, 15) is 15.0 Å². The molecule has 2 aromatic carbocycles. The highest BCUT2D eigenvalue weighted by molar-refractivity contribution is 7.85. The number of hydrogen-bond acceptors (Lipinski definition) is 5. The van der Waals surface area contributed by atoms with Crippen LogP contribution in [0.5, 0.6) is 11.5 Å². The summed E-state index contributed by atoms with van der Waals surface area (Å²) in [5.74, 6) is -0.199. The number of aromatic hydroxyl groups is 1. The van der Waals surface area contributed by atoms with Gasteiger partial charge in [0.1, 0.15) is 18.1 Å².